The monoisotopic (exact) mass is 356 g/mol. The highest BCUT2D eigenvalue weighted by Gasteiger charge is 2.34. The number of hydrogen-bond donors (Lipinski definition) is 0. The standard InChI is InChI=1S/C18H13FN2OS2/c19-13-7-5-12(6-8-13)15-11-14(16-3-1-9-23-16)20-21(15)18(22)17-4-2-10-24-17/h1-10,15H,11H2/t15-/m1/s1. The molecule has 0 fully saturated rings. The Hall–Kier alpha value is -2.31. The molecule has 1 aromatic carbocycles. The Morgan fingerprint density at radius 1 is 1.08 bits per heavy atom. The number of rotatable bonds is 3. The normalized spacial score (nSPS) is 17.1. The summed E-state index contributed by atoms with van der Waals surface area (Å²) in [4.78, 5) is 14.5. The van der Waals surface area contributed by atoms with Gasteiger partial charge in [0.25, 0.3) is 5.91 Å². The van der Waals surface area contributed by atoms with Gasteiger partial charge in [-0.05, 0) is 40.6 Å². The Morgan fingerprint density at radius 2 is 1.83 bits per heavy atom. The fourth-order valence-corrected chi connectivity index (χ4v) is 4.12. The van der Waals surface area contributed by atoms with Crippen molar-refractivity contribution in [1.82, 2.24) is 5.01 Å². The third-order valence-corrected chi connectivity index (χ3v) is 5.69. The summed E-state index contributed by atoms with van der Waals surface area (Å²) in [6.45, 7) is 0. The van der Waals surface area contributed by atoms with Gasteiger partial charge in [0.05, 0.1) is 21.5 Å². The van der Waals surface area contributed by atoms with E-state index in [1.165, 1.54) is 28.5 Å². The van der Waals surface area contributed by atoms with Crippen LogP contribution in [0.25, 0.3) is 0 Å². The molecule has 2 aromatic heterocycles. The lowest BCUT2D eigenvalue weighted by Gasteiger charge is -2.21. The summed E-state index contributed by atoms with van der Waals surface area (Å²) in [6, 6.07) is 13.7. The molecule has 3 heterocycles. The van der Waals surface area contributed by atoms with Crippen LogP contribution in [0.15, 0.2) is 64.4 Å². The maximum Gasteiger partial charge on any atom is 0.284 e. The van der Waals surface area contributed by atoms with Crippen molar-refractivity contribution in [3.63, 3.8) is 0 Å². The molecule has 0 unspecified atom stereocenters. The lowest BCUT2D eigenvalue weighted by molar-refractivity contribution is 0.0716. The van der Waals surface area contributed by atoms with Crippen LogP contribution in [-0.4, -0.2) is 16.6 Å². The lowest BCUT2D eigenvalue weighted by Crippen LogP contribution is -2.26. The van der Waals surface area contributed by atoms with Crippen molar-refractivity contribution in [1.29, 1.82) is 0 Å². The molecule has 0 radical (unpaired) electrons. The second kappa shape index (κ2) is 6.30. The van der Waals surface area contributed by atoms with Crippen LogP contribution in [0.4, 0.5) is 4.39 Å². The Morgan fingerprint density at radius 3 is 2.50 bits per heavy atom. The molecule has 0 aliphatic carbocycles. The van der Waals surface area contributed by atoms with E-state index in [9.17, 15) is 9.18 Å². The van der Waals surface area contributed by atoms with Crippen LogP contribution in [0.2, 0.25) is 0 Å². The molecule has 0 bridgehead atoms. The van der Waals surface area contributed by atoms with Crippen molar-refractivity contribution < 1.29 is 9.18 Å². The minimum absolute atomic E-state index is 0.120. The number of hydrogen-bond acceptors (Lipinski definition) is 4. The number of carbonyl (C=O) groups excluding carboxylic acids is 1. The number of thiophene rings is 2. The third kappa shape index (κ3) is 2.79. The van der Waals surface area contributed by atoms with Crippen LogP contribution in [0.1, 0.15) is 32.6 Å². The first-order valence-corrected chi connectivity index (χ1v) is 9.22. The summed E-state index contributed by atoms with van der Waals surface area (Å²) in [6.07, 6.45) is 0.628. The summed E-state index contributed by atoms with van der Waals surface area (Å²) >= 11 is 3.00. The third-order valence-electron chi connectivity index (χ3n) is 3.91. The predicted molar refractivity (Wildman–Crippen MR) is 95.1 cm³/mol. The number of amides is 1. The fraction of sp³-hybridized carbons (Fsp3) is 0.111. The van der Waals surface area contributed by atoms with Crippen LogP contribution in [0.3, 0.4) is 0 Å². The predicted octanol–water partition coefficient (Wildman–Crippen LogP) is 4.94. The Kier molecular flexibility index (Phi) is 4.00. The first-order valence-electron chi connectivity index (χ1n) is 7.46. The molecule has 120 valence electrons. The van der Waals surface area contributed by atoms with E-state index in [1.54, 1.807) is 29.5 Å². The number of carbonyl (C=O) groups is 1. The number of halogens is 1. The van der Waals surface area contributed by atoms with E-state index in [0.717, 1.165) is 16.2 Å². The van der Waals surface area contributed by atoms with E-state index in [0.29, 0.717) is 11.3 Å². The molecule has 1 amide bonds. The van der Waals surface area contributed by atoms with Gasteiger partial charge < -0.3 is 0 Å². The van der Waals surface area contributed by atoms with E-state index in [-0.39, 0.29) is 17.8 Å². The summed E-state index contributed by atoms with van der Waals surface area (Å²) in [5.74, 6) is -0.404. The van der Waals surface area contributed by atoms with E-state index in [1.807, 2.05) is 29.0 Å². The van der Waals surface area contributed by atoms with E-state index in [4.69, 9.17) is 0 Å². The number of nitrogens with zero attached hydrogens (tertiary/aromatic N) is 2. The zero-order valence-corrected chi connectivity index (χ0v) is 14.2. The van der Waals surface area contributed by atoms with Crippen LogP contribution in [0, 0.1) is 5.82 Å². The molecule has 3 aromatic rings. The summed E-state index contributed by atoms with van der Waals surface area (Å²) < 4.78 is 13.2. The number of benzene rings is 1. The molecule has 6 heteroatoms. The Labute approximate surface area is 146 Å². The SMILES string of the molecule is O=C(c1cccs1)N1N=C(c2cccs2)C[C@@H]1c1ccc(F)cc1. The van der Waals surface area contributed by atoms with Gasteiger partial charge in [-0.2, -0.15) is 5.10 Å². The summed E-state index contributed by atoms with van der Waals surface area (Å²) in [7, 11) is 0. The zero-order valence-electron chi connectivity index (χ0n) is 12.6. The minimum atomic E-state index is -0.285. The molecule has 4 rings (SSSR count). The van der Waals surface area contributed by atoms with Crippen LogP contribution in [0.5, 0.6) is 0 Å². The molecule has 3 nitrogen and oxygen atoms in total. The minimum Gasteiger partial charge on any atom is -0.266 e. The first-order chi connectivity index (χ1) is 11.7. The van der Waals surface area contributed by atoms with Gasteiger partial charge in [-0.25, -0.2) is 9.40 Å². The molecule has 0 saturated heterocycles. The first kappa shape index (κ1) is 15.2. The summed E-state index contributed by atoms with van der Waals surface area (Å²) in [5.41, 5.74) is 1.78. The molecule has 0 N–H and O–H groups in total. The van der Waals surface area contributed by atoms with Crippen molar-refractivity contribution in [2.45, 2.75) is 12.5 Å². The highest BCUT2D eigenvalue weighted by Crippen LogP contribution is 2.35. The van der Waals surface area contributed by atoms with Crippen LogP contribution in [-0.2, 0) is 0 Å². The van der Waals surface area contributed by atoms with Gasteiger partial charge in [0.15, 0.2) is 0 Å². The molecule has 0 spiro atoms. The molecule has 1 aliphatic heterocycles. The van der Waals surface area contributed by atoms with Crippen molar-refractivity contribution in [3.8, 4) is 0 Å². The second-order valence-corrected chi connectivity index (χ2v) is 7.32. The van der Waals surface area contributed by atoms with Gasteiger partial charge >= 0.3 is 0 Å². The second-order valence-electron chi connectivity index (χ2n) is 5.42. The smallest absolute Gasteiger partial charge is 0.266 e. The van der Waals surface area contributed by atoms with Gasteiger partial charge in [-0.15, -0.1) is 22.7 Å². The van der Waals surface area contributed by atoms with Crippen molar-refractivity contribution in [3.05, 3.63) is 80.4 Å². The van der Waals surface area contributed by atoms with Crippen molar-refractivity contribution >= 4 is 34.3 Å². The molecule has 0 saturated carbocycles. The molecule has 1 aliphatic rings. The Balaban J connectivity index is 1.72. The van der Waals surface area contributed by atoms with Crippen LogP contribution < -0.4 is 0 Å². The number of hydrazone groups is 1. The molecular weight excluding hydrogens is 343 g/mol. The fourth-order valence-electron chi connectivity index (χ4n) is 2.75. The maximum atomic E-state index is 13.2. The van der Waals surface area contributed by atoms with Gasteiger partial charge in [-0.3, -0.25) is 4.79 Å². The van der Waals surface area contributed by atoms with E-state index in [2.05, 4.69) is 5.10 Å². The Bertz CT molecular complexity index is 870. The summed E-state index contributed by atoms with van der Waals surface area (Å²) in [5, 5.41) is 10.00. The lowest BCUT2D eigenvalue weighted by atomic mass is 10.0. The van der Waals surface area contributed by atoms with Gasteiger partial charge in [0, 0.05) is 6.42 Å². The highest BCUT2D eigenvalue weighted by molar-refractivity contribution is 7.12. The average Bonchev–Trinajstić information content (AvgIpc) is 3.34. The van der Waals surface area contributed by atoms with Crippen molar-refractivity contribution in [2.24, 2.45) is 5.10 Å². The van der Waals surface area contributed by atoms with E-state index < -0.39 is 0 Å². The molecule has 24 heavy (non-hydrogen) atoms. The average molecular weight is 356 g/mol. The molecular formula is C18H13FN2OS2. The van der Waals surface area contributed by atoms with E-state index >= 15 is 0 Å². The van der Waals surface area contributed by atoms with Crippen molar-refractivity contribution in [2.75, 3.05) is 0 Å². The van der Waals surface area contributed by atoms with Gasteiger partial charge in [0.2, 0.25) is 0 Å². The zero-order chi connectivity index (χ0) is 16.5. The van der Waals surface area contributed by atoms with Gasteiger partial charge in [-0.1, -0.05) is 24.3 Å². The highest BCUT2D eigenvalue weighted by atomic mass is 32.1. The maximum absolute atomic E-state index is 13.2. The quantitative estimate of drug-likeness (QED) is 0.654. The van der Waals surface area contributed by atoms with Crippen LogP contribution >= 0.6 is 22.7 Å². The molecule has 1 atom stereocenters. The largest absolute Gasteiger partial charge is 0.284 e. The van der Waals surface area contributed by atoms with Gasteiger partial charge in [0.1, 0.15) is 5.82 Å². The topological polar surface area (TPSA) is 32.7 Å².